The summed E-state index contributed by atoms with van der Waals surface area (Å²) >= 11 is 0. The van der Waals surface area contributed by atoms with Crippen LogP contribution >= 0.6 is 0 Å². The molecule has 0 bridgehead atoms. The SMILES string of the molecule is C=CC(=O)O[SiH2][SiH](OC(C)C)OC(C)C. The fourth-order valence-electron chi connectivity index (χ4n) is 0.927. The summed E-state index contributed by atoms with van der Waals surface area (Å²) in [6.07, 6.45) is 1.41. The molecule has 0 spiro atoms. The molecule has 0 heterocycles. The van der Waals surface area contributed by atoms with Crippen LogP contribution in [-0.4, -0.2) is 36.3 Å². The highest BCUT2D eigenvalue weighted by atomic mass is 29.2. The molecule has 0 atom stereocenters. The Morgan fingerprint density at radius 2 is 1.73 bits per heavy atom. The van der Waals surface area contributed by atoms with Crippen molar-refractivity contribution in [1.29, 1.82) is 0 Å². The van der Waals surface area contributed by atoms with Crippen LogP contribution in [0.25, 0.3) is 0 Å². The van der Waals surface area contributed by atoms with Gasteiger partial charge in [0.25, 0.3) is 9.28 Å². The molecule has 0 N–H and O–H groups in total. The first-order valence-corrected chi connectivity index (χ1v) is 9.84. The van der Waals surface area contributed by atoms with E-state index >= 15 is 0 Å². The smallest absolute Gasteiger partial charge is 0.341 e. The monoisotopic (exact) mass is 248 g/mol. The lowest BCUT2D eigenvalue weighted by atomic mass is 10.5. The predicted molar refractivity (Wildman–Crippen MR) is 64.4 cm³/mol. The van der Waals surface area contributed by atoms with Gasteiger partial charge in [0.15, 0.2) is 0 Å². The topological polar surface area (TPSA) is 44.8 Å². The van der Waals surface area contributed by atoms with Gasteiger partial charge in [0, 0.05) is 18.3 Å². The van der Waals surface area contributed by atoms with Gasteiger partial charge in [0.2, 0.25) is 0 Å². The lowest BCUT2D eigenvalue weighted by Gasteiger charge is -2.20. The van der Waals surface area contributed by atoms with Crippen LogP contribution in [0.5, 0.6) is 0 Å². The van der Waals surface area contributed by atoms with Crippen LogP contribution in [0.1, 0.15) is 27.7 Å². The van der Waals surface area contributed by atoms with Crippen molar-refractivity contribution >= 4 is 24.1 Å². The van der Waals surface area contributed by atoms with E-state index in [1.54, 1.807) is 0 Å². The molecular weight excluding hydrogens is 228 g/mol. The van der Waals surface area contributed by atoms with E-state index in [1.807, 2.05) is 27.7 Å². The molecule has 88 valence electrons. The molecule has 0 saturated heterocycles. The van der Waals surface area contributed by atoms with Crippen molar-refractivity contribution in [2.24, 2.45) is 0 Å². The van der Waals surface area contributed by atoms with Crippen LogP contribution in [0.15, 0.2) is 12.7 Å². The maximum atomic E-state index is 10.9. The molecule has 0 aliphatic heterocycles. The van der Waals surface area contributed by atoms with Crippen LogP contribution < -0.4 is 0 Å². The van der Waals surface area contributed by atoms with Crippen LogP contribution in [0.2, 0.25) is 0 Å². The van der Waals surface area contributed by atoms with Crippen molar-refractivity contribution in [2.45, 2.75) is 39.9 Å². The first kappa shape index (κ1) is 14.6. The molecule has 0 aromatic carbocycles. The van der Waals surface area contributed by atoms with Crippen LogP contribution in [0.4, 0.5) is 0 Å². The third kappa shape index (κ3) is 8.55. The zero-order chi connectivity index (χ0) is 11.8. The average molecular weight is 248 g/mol. The molecular formula is C9H20O4Si2. The molecule has 0 fully saturated rings. The van der Waals surface area contributed by atoms with Crippen molar-refractivity contribution < 1.29 is 18.1 Å². The number of carbonyl (C=O) groups excluding carboxylic acids is 1. The largest absolute Gasteiger partial charge is 0.520 e. The summed E-state index contributed by atoms with van der Waals surface area (Å²) in [5, 5.41) is 0. The summed E-state index contributed by atoms with van der Waals surface area (Å²) in [4.78, 5) is 10.9. The van der Waals surface area contributed by atoms with Gasteiger partial charge in [0.05, 0.1) is 0 Å². The van der Waals surface area contributed by atoms with Gasteiger partial charge in [-0.25, -0.2) is 4.79 Å². The van der Waals surface area contributed by atoms with Crippen molar-refractivity contribution in [1.82, 2.24) is 0 Å². The summed E-state index contributed by atoms with van der Waals surface area (Å²) in [5.41, 5.74) is 0. The number of hydrogen-bond acceptors (Lipinski definition) is 4. The summed E-state index contributed by atoms with van der Waals surface area (Å²) in [7, 11) is -2.82. The van der Waals surface area contributed by atoms with E-state index in [4.69, 9.17) is 13.3 Å². The summed E-state index contributed by atoms with van der Waals surface area (Å²) in [6, 6.07) is 0. The van der Waals surface area contributed by atoms with Crippen molar-refractivity contribution in [2.75, 3.05) is 0 Å². The molecule has 15 heavy (non-hydrogen) atoms. The van der Waals surface area contributed by atoms with Crippen LogP contribution in [0, 0.1) is 0 Å². The second-order valence-corrected chi connectivity index (χ2v) is 8.66. The van der Waals surface area contributed by atoms with Crippen molar-refractivity contribution in [3.05, 3.63) is 12.7 Å². The van der Waals surface area contributed by atoms with Crippen LogP contribution in [-0.2, 0) is 18.1 Å². The van der Waals surface area contributed by atoms with E-state index in [0.29, 0.717) is 0 Å². The molecule has 6 heteroatoms. The first-order chi connectivity index (χ1) is 6.95. The quantitative estimate of drug-likeness (QED) is 0.482. The number of carbonyl (C=O) groups is 1. The Labute approximate surface area is 95.2 Å². The second kappa shape index (κ2) is 7.80. The Hall–Kier alpha value is -0.436. The molecule has 0 aromatic heterocycles. The third-order valence-corrected chi connectivity index (χ3v) is 6.27. The summed E-state index contributed by atoms with van der Waals surface area (Å²) < 4.78 is 16.3. The Morgan fingerprint density at radius 3 is 2.07 bits per heavy atom. The standard InChI is InChI=1S/C9H20O4Si2/c1-6-9(10)11-14-15(12-7(2)3)13-8(4)5/h6-8,15H,1,14H2,2-5H3. The summed E-state index contributed by atoms with van der Waals surface area (Å²) in [6.45, 7) is 11.1. The summed E-state index contributed by atoms with van der Waals surface area (Å²) in [5.74, 6) is -0.376. The molecule has 0 saturated carbocycles. The van der Waals surface area contributed by atoms with Gasteiger partial charge < -0.3 is 13.3 Å². The first-order valence-electron chi connectivity index (χ1n) is 5.05. The normalized spacial score (nSPS) is 11.9. The fourth-order valence-corrected chi connectivity index (χ4v) is 6.46. The molecule has 0 aromatic rings. The molecule has 0 unspecified atom stereocenters. The highest BCUT2D eigenvalue weighted by molar-refractivity contribution is 7.03. The van der Waals surface area contributed by atoms with Gasteiger partial charge in [-0.3, -0.25) is 0 Å². The number of rotatable bonds is 7. The Kier molecular flexibility index (Phi) is 7.58. The Bertz CT molecular complexity index is 196. The van der Waals surface area contributed by atoms with E-state index in [9.17, 15) is 4.79 Å². The predicted octanol–water partition coefficient (Wildman–Crippen LogP) is 0.367. The molecule has 4 nitrogen and oxygen atoms in total. The van der Waals surface area contributed by atoms with Crippen LogP contribution in [0.3, 0.4) is 0 Å². The van der Waals surface area contributed by atoms with Gasteiger partial charge in [-0.1, -0.05) is 6.58 Å². The fraction of sp³-hybridized carbons (Fsp3) is 0.667. The highest BCUT2D eigenvalue weighted by Crippen LogP contribution is 1.99. The zero-order valence-electron chi connectivity index (χ0n) is 9.86. The minimum absolute atomic E-state index is 0.121. The van der Waals surface area contributed by atoms with Gasteiger partial charge in [-0.2, -0.15) is 0 Å². The maximum absolute atomic E-state index is 10.9. The highest BCUT2D eigenvalue weighted by Gasteiger charge is 2.20. The minimum Gasteiger partial charge on any atom is -0.520 e. The molecule has 0 rings (SSSR count). The van der Waals surface area contributed by atoms with E-state index in [-0.39, 0.29) is 18.2 Å². The van der Waals surface area contributed by atoms with Gasteiger partial charge in [0.1, 0.15) is 0 Å². The van der Waals surface area contributed by atoms with E-state index in [0.717, 1.165) is 0 Å². The van der Waals surface area contributed by atoms with Gasteiger partial charge >= 0.3 is 14.8 Å². The maximum Gasteiger partial charge on any atom is 0.341 e. The lowest BCUT2D eigenvalue weighted by Crippen LogP contribution is -2.37. The van der Waals surface area contributed by atoms with E-state index < -0.39 is 18.1 Å². The Morgan fingerprint density at radius 1 is 1.27 bits per heavy atom. The van der Waals surface area contributed by atoms with Crippen molar-refractivity contribution in [3.63, 3.8) is 0 Å². The molecule has 0 aliphatic carbocycles. The second-order valence-electron chi connectivity index (χ2n) is 3.63. The van der Waals surface area contributed by atoms with E-state index in [2.05, 4.69) is 6.58 Å². The molecule has 0 aliphatic rings. The van der Waals surface area contributed by atoms with Gasteiger partial charge in [-0.05, 0) is 27.7 Å². The minimum atomic E-state index is -1.77. The van der Waals surface area contributed by atoms with Gasteiger partial charge in [-0.15, -0.1) is 0 Å². The molecule has 0 radical (unpaired) electrons. The molecule has 0 amide bonds. The number of hydrogen-bond donors (Lipinski definition) is 0. The zero-order valence-corrected chi connectivity index (χ0v) is 12.4. The van der Waals surface area contributed by atoms with E-state index in [1.165, 1.54) is 6.08 Å². The third-order valence-electron chi connectivity index (χ3n) is 1.38. The Balaban J connectivity index is 4.00. The average Bonchev–Trinajstić information content (AvgIpc) is 2.11. The lowest BCUT2D eigenvalue weighted by molar-refractivity contribution is -0.128. The van der Waals surface area contributed by atoms with Crippen molar-refractivity contribution in [3.8, 4) is 0 Å².